The number of hydrogen-bond acceptors (Lipinski definition) is 6. The lowest BCUT2D eigenvalue weighted by Crippen LogP contribution is -2.36. The van der Waals surface area contributed by atoms with Gasteiger partial charge < -0.3 is 29.2 Å². The minimum absolute atomic E-state index is 0.0581. The number of rotatable bonds is 10. The van der Waals surface area contributed by atoms with Gasteiger partial charge in [0.2, 0.25) is 11.7 Å². The van der Waals surface area contributed by atoms with Gasteiger partial charge in [-0.3, -0.25) is 9.59 Å². The maximum atomic E-state index is 13.3. The number of methoxy groups -OCH3 is 4. The van der Waals surface area contributed by atoms with Gasteiger partial charge in [-0.25, -0.2) is 0 Å². The van der Waals surface area contributed by atoms with E-state index in [4.69, 9.17) is 18.9 Å². The molecule has 34 heavy (non-hydrogen) atoms. The second-order valence-electron chi connectivity index (χ2n) is 8.25. The van der Waals surface area contributed by atoms with Crippen molar-refractivity contribution in [3.63, 3.8) is 0 Å². The van der Waals surface area contributed by atoms with Crippen LogP contribution in [0.2, 0.25) is 0 Å². The van der Waals surface area contributed by atoms with E-state index >= 15 is 0 Å². The zero-order chi connectivity index (χ0) is 24.7. The predicted molar refractivity (Wildman–Crippen MR) is 129 cm³/mol. The zero-order valence-electron chi connectivity index (χ0n) is 20.6. The van der Waals surface area contributed by atoms with Crippen LogP contribution >= 0.6 is 0 Å². The van der Waals surface area contributed by atoms with Gasteiger partial charge in [-0.15, -0.1) is 0 Å². The normalized spacial score (nSPS) is 17.3. The Morgan fingerprint density at radius 3 is 2.12 bits per heavy atom. The largest absolute Gasteiger partial charge is 0.497 e. The minimum Gasteiger partial charge on any atom is -0.497 e. The van der Waals surface area contributed by atoms with E-state index in [0.29, 0.717) is 48.2 Å². The lowest BCUT2D eigenvalue weighted by Gasteiger charge is -2.21. The van der Waals surface area contributed by atoms with E-state index in [-0.39, 0.29) is 17.7 Å². The molecule has 2 amide bonds. The molecule has 2 atom stereocenters. The summed E-state index contributed by atoms with van der Waals surface area (Å²) in [6, 6.07) is 10.7. The Labute approximate surface area is 201 Å². The number of unbranched alkanes of at least 4 members (excludes halogenated alkanes) is 1. The van der Waals surface area contributed by atoms with E-state index in [0.717, 1.165) is 18.4 Å². The maximum Gasteiger partial charge on any atom is 0.253 e. The quantitative estimate of drug-likeness (QED) is 0.535. The lowest BCUT2D eigenvalue weighted by atomic mass is 9.88. The van der Waals surface area contributed by atoms with E-state index in [1.54, 1.807) is 57.6 Å². The molecule has 1 saturated heterocycles. The molecule has 8 nitrogen and oxygen atoms in total. The highest BCUT2D eigenvalue weighted by atomic mass is 16.5. The van der Waals surface area contributed by atoms with Crippen LogP contribution in [0.5, 0.6) is 23.0 Å². The summed E-state index contributed by atoms with van der Waals surface area (Å²) >= 11 is 0. The third-order valence-corrected chi connectivity index (χ3v) is 6.23. The van der Waals surface area contributed by atoms with Crippen LogP contribution in [-0.4, -0.2) is 64.8 Å². The van der Waals surface area contributed by atoms with E-state index in [1.807, 2.05) is 12.1 Å². The van der Waals surface area contributed by atoms with Crippen LogP contribution in [-0.2, 0) is 4.79 Å². The van der Waals surface area contributed by atoms with Crippen molar-refractivity contribution in [3.05, 3.63) is 47.5 Å². The number of carbonyl (C=O) groups is 2. The number of nitrogens with one attached hydrogen (secondary N) is 1. The molecule has 0 unspecified atom stereocenters. The first-order valence-electron chi connectivity index (χ1n) is 11.5. The summed E-state index contributed by atoms with van der Waals surface area (Å²) in [7, 11) is 6.25. The van der Waals surface area contributed by atoms with E-state index in [1.165, 1.54) is 0 Å². The summed E-state index contributed by atoms with van der Waals surface area (Å²) < 4.78 is 21.7. The van der Waals surface area contributed by atoms with E-state index in [2.05, 4.69) is 12.2 Å². The summed E-state index contributed by atoms with van der Waals surface area (Å²) in [6.45, 7) is 3.41. The molecule has 0 bridgehead atoms. The molecule has 184 valence electrons. The molecule has 1 N–H and O–H groups in total. The molecule has 0 saturated carbocycles. The van der Waals surface area contributed by atoms with Gasteiger partial charge >= 0.3 is 0 Å². The van der Waals surface area contributed by atoms with Crippen molar-refractivity contribution in [2.75, 3.05) is 48.1 Å². The Hall–Kier alpha value is -3.42. The second-order valence-corrected chi connectivity index (χ2v) is 8.25. The molecule has 2 aromatic carbocycles. The van der Waals surface area contributed by atoms with Crippen LogP contribution in [0.3, 0.4) is 0 Å². The van der Waals surface area contributed by atoms with Gasteiger partial charge in [0.1, 0.15) is 5.75 Å². The monoisotopic (exact) mass is 470 g/mol. The standard InChI is InChI=1S/C26H34N2O6/c1-6-7-12-27-25(29)21-16-28(26(30)17-8-10-19(31-2)11-9-17)15-20(21)18-13-22(32-3)24(34-5)23(14-18)33-4/h8-11,13-14,20-21H,6-7,12,15-16H2,1-5H3,(H,27,29)/t20-,21+/m1/s1. The molecule has 2 aromatic rings. The number of nitrogens with zero attached hydrogens (tertiary/aromatic N) is 1. The van der Waals surface area contributed by atoms with Gasteiger partial charge in [-0.2, -0.15) is 0 Å². The van der Waals surface area contributed by atoms with Gasteiger partial charge in [0.25, 0.3) is 5.91 Å². The van der Waals surface area contributed by atoms with Crippen molar-refractivity contribution in [3.8, 4) is 23.0 Å². The van der Waals surface area contributed by atoms with Gasteiger partial charge in [0.05, 0.1) is 34.4 Å². The molecule has 0 spiro atoms. The third kappa shape index (κ3) is 5.38. The zero-order valence-corrected chi connectivity index (χ0v) is 20.6. The first-order chi connectivity index (χ1) is 16.5. The lowest BCUT2D eigenvalue weighted by molar-refractivity contribution is -0.124. The summed E-state index contributed by atoms with van der Waals surface area (Å²) in [6.07, 6.45) is 1.89. The summed E-state index contributed by atoms with van der Waals surface area (Å²) in [5.41, 5.74) is 1.41. The number of hydrogen-bond donors (Lipinski definition) is 1. The highest BCUT2D eigenvalue weighted by Gasteiger charge is 2.41. The van der Waals surface area contributed by atoms with Crippen molar-refractivity contribution in [1.82, 2.24) is 10.2 Å². The fourth-order valence-electron chi connectivity index (χ4n) is 4.32. The average Bonchev–Trinajstić information content (AvgIpc) is 3.33. The van der Waals surface area contributed by atoms with Crippen molar-refractivity contribution < 1.29 is 28.5 Å². The smallest absolute Gasteiger partial charge is 0.253 e. The average molecular weight is 471 g/mol. The molecule has 0 aromatic heterocycles. The second kappa shape index (κ2) is 11.6. The van der Waals surface area contributed by atoms with E-state index < -0.39 is 5.92 Å². The molecular formula is C26H34N2O6. The Kier molecular flexibility index (Phi) is 8.62. The summed E-state index contributed by atoms with van der Waals surface area (Å²) in [4.78, 5) is 28.2. The predicted octanol–water partition coefficient (Wildman–Crippen LogP) is 3.49. The van der Waals surface area contributed by atoms with Crippen LogP contribution in [0.1, 0.15) is 41.6 Å². The van der Waals surface area contributed by atoms with E-state index in [9.17, 15) is 9.59 Å². The van der Waals surface area contributed by atoms with Crippen LogP contribution in [0.15, 0.2) is 36.4 Å². The summed E-state index contributed by atoms with van der Waals surface area (Å²) in [5.74, 6) is 1.40. The van der Waals surface area contributed by atoms with Gasteiger partial charge in [-0.05, 0) is 48.4 Å². The third-order valence-electron chi connectivity index (χ3n) is 6.23. The number of amides is 2. The molecule has 0 aliphatic carbocycles. The van der Waals surface area contributed by atoms with Gasteiger partial charge in [0, 0.05) is 31.1 Å². The molecular weight excluding hydrogens is 436 g/mol. The Morgan fingerprint density at radius 2 is 1.59 bits per heavy atom. The van der Waals surface area contributed by atoms with Crippen molar-refractivity contribution in [2.45, 2.75) is 25.7 Å². The SMILES string of the molecule is CCCCNC(=O)[C@H]1CN(C(=O)c2ccc(OC)cc2)C[C@@H]1c1cc(OC)c(OC)c(OC)c1. The first kappa shape index (κ1) is 25.2. The van der Waals surface area contributed by atoms with Crippen LogP contribution in [0.25, 0.3) is 0 Å². The fraction of sp³-hybridized carbons (Fsp3) is 0.462. The topological polar surface area (TPSA) is 86.3 Å². The Morgan fingerprint density at radius 1 is 0.941 bits per heavy atom. The van der Waals surface area contributed by atoms with Crippen LogP contribution in [0, 0.1) is 5.92 Å². The Bertz CT molecular complexity index is 966. The van der Waals surface area contributed by atoms with Gasteiger partial charge in [-0.1, -0.05) is 13.3 Å². The molecule has 8 heteroatoms. The number of benzene rings is 2. The summed E-state index contributed by atoms with van der Waals surface area (Å²) in [5, 5.41) is 3.04. The number of carbonyl (C=O) groups excluding carboxylic acids is 2. The highest BCUT2D eigenvalue weighted by Crippen LogP contribution is 2.43. The molecule has 1 heterocycles. The van der Waals surface area contributed by atoms with Crippen LogP contribution in [0.4, 0.5) is 0 Å². The van der Waals surface area contributed by atoms with Crippen molar-refractivity contribution >= 4 is 11.8 Å². The van der Waals surface area contributed by atoms with Crippen LogP contribution < -0.4 is 24.3 Å². The van der Waals surface area contributed by atoms with Crippen molar-refractivity contribution in [1.29, 1.82) is 0 Å². The molecule has 1 aliphatic rings. The molecule has 0 radical (unpaired) electrons. The fourth-order valence-corrected chi connectivity index (χ4v) is 4.32. The first-order valence-corrected chi connectivity index (χ1v) is 11.5. The Balaban J connectivity index is 1.93. The number of likely N-dealkylation sites (tertiary alicyclic amines) is 1. The molecule has 1 fully saturated rings. The highest BCUT2D eigenvalue weighted by molar-refractivity contribution is 5.95. The number of ether oxygens (including phenoxy) is 4. The van der Waals surface area contributed by atoms with Gasteiger partial charge in [0.15, 0.2) is 11.5 Å². The molecule has 1 aliphatic heterocycles. The molecule has 3 rings (SSSR count). The van der Waals surface area contributed by atoms with Crippen molar-refractivity contribution in [2.24, 2.45) is 5.92 Å². The maximum absolute atomic E-state index is 13.3. The minimum atomic E-state index is -0.401.